The van der Waals surface area contributed by atoms with Crippen molar-refractivity contribution in [2.75, 3.05) is 6.54 Å². The van der Waals surface area contributed by atoms with Gasteiger partial charge in [-0.1, -0.05) is 6.07 Å². The summed E-state index contributed by atoms with van der Waals surface area (Å²) in [6.07, 6.45) is 5.79. The molecule has 2 amide bonds. The van der Waals surface area contributed by atoms with Gasteiger partial charge in [-0.25, -0.2) is 0 Å². The van der Waals surface area contributed by atoms with Crippen LogP contribution in [0.3, 0.4) is 0 Å². The lowest BCUT2D eigenvalue weighted by molar-refractivity contribution is -0.119. The van der Waals surface area contributed by atoms with Crippen molar-refractivity contribution < 1.29 is 9.59 Å². The Labute approximate surface area is 129 Å². The van der Waals surface area contributed by atoms with Gasteiger partial charge in [-0.05, 0) is 30.2 Å². The Morgan fingerprint density at radius 2 is 2.05 bits per heavy atom. The number of hydrogen-bond donors (Lipinski definition) is 2. The van der Waals surface area contributed by atoms with Crippen LogP contribution in [0.15, 0.2) is 42.9 Å². The van der Waals surface area contributed by atoms with Crippen LogP contribution in [0.2, 0.25) is 0 Å². The van der Waals surface area contributed by atoms with E-state index >= 15 is 0 Å². The summed E-state index contributed by atoms with van der Waals surface area (Å²) in [6.45, 7) is 2.29. The number of carbonyl (C=O) groups is 2. The molecule has 22 heavy (non-hydrogen) atoms. The third-order valence-electron chi connectivity index (χ3n) is 3.02. The lowest BCUT2D eigenvalue weighted by Gasteiger charge is -2.07. The van der Waals surface area contributed by atoms with E-state index in [1.54, 1.807) is 30.7 Å². The Kier molecular flexibility index (Phi) is 5.59. The average molecular weight is 298 g/mol. The highest BCUT2D eigenvalue weighted by Crippen LogP contribution is 2.02. The minimum atomic E-state index is -0.157. The topological polar surface area (TPSA) is 84.0 Å². The summed E-state index contributed by atoms with van der Waals surface area (Å²) in [5.41, 5.74) is 2.25. The van der Waals surface area contributed by atoms with Gasteiger partial charge in [0.2, 0.25) is 5.91 Å². The van der Waals surface area contributed by atoms with Crippen LogP contribution in [0.4, 0.5) is 0 Å². The van der Waals surface area contributed by atoms with Crippen molar-refractivity contribution in [3.8, 4) is 0 Å². The van der Waals surface area contributed by atoms with Gasteiger partial charge in [0.1, 0.15) is 0 Å². The highest BCUT2D eigenvalue weighted by Gasteiger charge is 2.07. The van der Waals surface area contributed by atoms with E-state index in [0.29, 0.717) is 24.3 Å². The molecule has 0 bridgehead atoms. The van der Waals surface area contributed by atoms with E-state index in [0.717, 1.165) is 12.0 Å². The van der Waals surface area contributed by atoms with Crippen LogP contribution in [0.25, 0.3) is 0 Å². The zero-order valence-corrected chi connectivity index (χ0v) is 12.4. The molecule has 0 unspecified atom stereocenters. The zero-order chi connectivity index (χ0) is 15.8. The van der Waals surface area contributed by atoms with Crippen LogP contribution in [0, 0.1) is 0 Å². The zero-order valence-electron chi connectivity index (χ0n) is 12.4. The van der Waals surface area contributed by atoms with Gasteiger partial charge in [-0.2, -0.15) is 0 Å². The van der Waals surface area contributed by atoms with Gasteiger partial charge in [0.25, 0.3) is 5.91 Å². The molecule has 0 aromatic carbocycles. The normalized spacial score (nSPS) is 10.0. The molecule has 0 radical (unpaired) electrons. The second kappa shape index (κ2) is 7.87. The Morgan fingerprint density at radius 3 is 2.77 bits per heavy atom. The summed E-state index contributed by atoms with van der Waals surface area (Å²) in [7, 11) is 0. The van der Waals surface area contributed by atoms with Gasteiger partial charge in [0.15, 0.2) is 0 Å². The van der Waals surface area contributed by atoms with Gasteiger partial charge in [-0.3, -0.25) is 19.6 Å². The van der Waals surface area contributed by atoms with Crippen molar-refractivity contribution in [3.63, 3.8) is 0 Å². The molecule has 2 heterocycles. The molecule has 0 saturated heterocycles. The van der Waals surface area contributed by atoms with E-state index in [1.807, 2.05) is 12.1 Å². The number of nitrogens with one attached hydrogen (secondary N) is 2. The molecule has 0 atom stereocenters. The summed E-state index contributed by atoms with van der Waals surface area (Å²) in [4.78, 5) is 31.1. The largest absolute Gasteiger partial charge is 0.352 e. The van der Waals surface area contributed by atoms with Crippen LogP contribution < -0.4 is 10.6 Å². The lowest BCUT2D eigenvalue weighted by Crippen LogP contribution is -2.26. The van der Waals surface area contributed by atoms with Crippen molar-refractivity contribution in [1.29, 1.82) is 0 Å². The van der Waals surface area contributed by atoms with Crippen LogP contribution in [-0.2, 0) is 17.8 Å². The van der Waals surface area contributed by atoms with Crippen LogP contribution >= 0.6 is 0 Å². The van der Waals surface area contributed by atoms with Gasteiger partial charge in [0, 0.05) is 37.6 Å². The Hall–Kier alpha value is -2.76. The molecule has 6 nitrogen and oxygen atoms in total. The van der Waals surface area contributed by atoms with E-state index in [-0.39, 0.29) is 11.8 Å². The molecule has 2 aromatic rings. The van der Waals surface area contributed by atoms with Gasteiger partial charge < -0.3 is 10.6 Å². The first-order valence-electron chi connectivity index (χ1n) is 7.01. The molecule has 2 N–H and O–H groups in total. The highest BCUT2D eigenvalue weighted by atomic mass is 16.2. The number of aromatic nitrogens is 2. The molecule has 114 valence electrons. The van der Waals surface area contributed by atoms with Crippen LogP contribution in [0.5, 0.6) is 0 Å². The number of amides is 2. The Balaban J connectivity index is 1.86. The second-order valence-corrected chi connectivity index (χ2v) is 4.81. The van der Waals surface area contributed by atoms with E-state index in [4.69, 9.17) is 0 Å². The maximum absolute atomic E-state index is 12.1. The molecule has 0 fully saturated rings. The SMILES string of the molecule is CC(=O)NCc1cc(C(=O)NCCc2cccnc2)ccn1. The van der Waals surface area contributed by atoms with Crippen LogP contribution in [0.1, 0.15) is 28.5 Å². The number of pyridine rings is 2. The molecular weight excluding hydrogens is 280 g/mol. The first-order valence-corrected chi connectivity index (χ1v) is 7.01. The predicted octanol–water partition coefficient (Wildman–Crippen LogP) is 1.09. The highest BCUT2D eigenvalue weighted by molar-refractivity contribution is 5.94. The first kappa shape index (κ1) is 15.6. The van der Waals surface area contributed by atoms with Gasteiger partial charge in [0.05, 0.1) is 12.2 Å². The second-order valence-electron chi connectivity index (χ2n) is 4.81. The van der Waals surface area contributed by atoms with E-state index in [2.05, 4.69) is 20.6 Å². The maximum Gasteiger partial charge on any atom is 0.251 e. The molecular formula is C16H18N4O2. The average Bonchev–Trinajstić information content (AvgIpc) is 2.54. The van der Waals surface area contributed by atoms with E-state index in [9.17, 15) is 9.59 Å². The van der Waals surface area contributed by atoms with Gasteiger partial charge in [-0.15, -0.1) is 0 Å². The first-order chi connectivity index (χ1) is 10.6. The Bertz CT molecular complexity index is 644. The summed E-state index contributed by atoms with van der Waals surface area (Å²) in [5, 5.41) is 5.51. The van der Waals surface area contributed by atoms with Crippen LogP contribution in [-0.4, -0.2) is 28.3 Å². The minimum absolute atomic E-state index is 0.131. The monoisotopic (exact) mass is 298 g/mol. The molecule has 0 saturated carbocycles. The van der Waals surface area contributed by atoms with Crippen molar-refractivity contribution in [1.82, 2.24) is 20.6 Å². The molecule has 0 aliphatic heterocycles. The van der Waals surface area contributed by atoms with E-state index < -0.39 is 0 Å². The van der Waals surface area contributed by atoms with Gasteiger partial charge >= 0.3 is 0 Å². The fourth-order valence-corrected chi connectivity index (χ4v) is 1.90. The Morgan fingerprint density at radius 1 is 1.18 bits per heavy atom. The maximum atomic E-state index is 12.1. The summed E-state index contributed by atoms with van der Waals surface area (Å²) in [6, 6.07) is 7.16. The van der Waals surface area contributed by atoms with Crippen molar-refractivity contribution in [3.05, 3.63) is 59.7 Å². The molecule has 2 rings (SSSR count). The lowest BCUT2D eigenvalue weighted by atomic mass is 10.2. The fourth-order valence-electron chi connectivity index (χ4n) is 1.90. The minimum Gasteiger partial charge on any atom is -0.352 e. The van der Waals surface area contributed by atoms with Crippen molar-refractivity contribution in [2.24, 2.45) is 0 Å². The van der Waals surface area contributed by atoms with E-state index in [1.165, 1.54) is 6.92 Å². The molecule has 0 aliphatic carbocycles. The summed E-state index contributed by atoms with van der Waals surface area (Å²) in [5.74, 6) is -0.288. The predicted molar refractivity (Wildman–Crippen MR) is 82.0 cm³/mol. The summed E-state index contributed by atoms with van der Waals surface area (Å²) < 4.78 is 0. The molecule has 2 aromatic heterocycles. The number of rotatable bonds is 6. The quantitative estimate of drug-likeness (QED) is 0.836. The molecule has 6 heteroatoms. The smallest absolute Gasteiger partial charge is 0.251 e. The molecule has 0 aliphatic rings. The standard InChI is InChI=1S/C16H18N4O2/c1-12(21)20-11-15-9-14(5-8-18-15)16(22)19-7-4-13-3-2-6-17-10-13/h2-3,5-6,8-10H,4,7,11H2,1H3,(H,19,22)(H,20,21). The number of carbonyl (C=O) groups excluding carboxylic acids is 2. The van der Waals surface area contributed by atoms with Crippen molar-refractivity contribution >= 4 is 11.8 Å². The third-order valence-corrected chi connectivity index (χ3v) is 3.02. The van der Waals surface area contributed by atoms with Crippen molar-refractivity contribution in [2.45, 2.75) is 19.9 Å². The summed E-state index contributed by atoms with van der Waals surface area (Å²) >= 11 is 0. The molecule has 0 spiro atoms. The number of hydrogen-bond acceptors (Lipinski definition) is 4. The fraction of sp³-hybridized carbons (Fsp3) is 0.250. The number of nitrogens with zero attached hydrogens (tertiary/aromatic N) is 2. The third kappa shape index (κ3) is 4.97.